The lowest BCUT2D eigenvalue weighted by atomic mass is 10.3. The third-order valence-electron chi connectivity index (χ3n) is 3.76. The molecule has 1 aromatic carbocycles. The summed E-state index contributed by atoms with van der Waals surface area (Å²) in [5.41, 5.74) is 1.30. The molecule has 0 saturated heterocycles. The normalized spacial score (nSPS) is 10.9. The number of rotatable bonds is 10. The fourth-order valence-electron chi connectivity index (χ4n) is 2.39. The molecule has 10 nitrogen and oxygen atoms in total. The molecule has 2 heterocycles. The molecule has 166 valence electrons. The fraction of sp³-hybridized carbons (Fsp3) is 0.150. The molecule has 0 unspecified atom stereocenters. The summed E-state index contributed by atoms with van der Waals surface area (Å²) in [6, 6.07) is 7.99. The van der Waals surface area contributed by atoms with E-state index in [2.05, 4.69) is 22.2 Å². The smallest absolute Gasteiger partial charge is 0.433 e. The lowest BCUT2D eigenvalue weighted by molar-refractivity contribution is -0.402. The molecule has 12 heteroatoms. The van der Waals surface area contributed by atoms with Gasteiger partial charge in [0.25, 0.3) is 0 Å². The van der Waals surface area contributed by atoms with Crippen LogP contribution >= 0.6 is 23.1 Å². The molecule has 2 aromatic heterocycles. The molecule has 0 aliphatic rings. The summed E-state index contributed by atoms with van der Waals surface area (Å²) >= 11 is 3.01. The monoisotopic (exact) mass is 474 g/mol. The van der Waals surface area contributed by atoms with Gasteiger partial charge in [0.2, 0.25) is 5.91 Å². The van der Waals surface area contributed by atoms with Crippen molar-refractivity contribution < 1.29 is 23.7 Å². The predicted octanol–water partition coefficient (Wildman–Crippen LogP) is 4.45. The highest BCUT2D eigenvalue weighted by Crippen LogP contribution is 2.31. The van der Waals surface area contributed by atoms with Gasteiger partial charge in [-0.25, -0.2) is 9.78 Å². The Labute approximate surface area is 190 Å². The van der Waals surface area contributed by atoms with E-state index < -0.39 is 22.8 Å². The number of anilines is 1. The van der Waals surface area contributed by atoms with Crippen molar-refractivity contribution in [2.24, 2.45) is 0 Å². The molecule has 0 fully saturated rings. The van der Waals surface area contributed by atoms with Crippen LogP contribution in [-0.4, -0.2) is 40.8 Å². The van der Waals surface area contributed by atoms with E-state index in [1.54, 1.807) is 12.1 Å². The maximum absolute atomic E-state index is 12.1. The van der Waals surface area contributed by atoms with E-state index in [0.717, 1.165) is 14.6 Å². The minimum Gasteiger partial charge on any atom is -0.445 e. The molecule has 3 rings (SSSR count). The van der Waals surface area contributed by atoms with Crippen LogP contribution < -0.4 is 10.6 Å². The van der Waals surface area contributed by atoms with E-state index in [4.69, 9.17) is 9.15 Å². The lowest BCUT2D eigenvalue weighted by Gasteiger charge is -2.03. The summed E-state index contributed by atoms with van der Waals surface area (Å²) in [7, 11) is 0. The van der Waals surface area contributed by atoms with Crippen LogP contribution in [0.4, 0.5) is 16.4 Å². The number of fused-ring (bicyclic) bond motifs is 1. The molecule has 0 atom stereocenters. The molecule has 32 heavy (non-hydrogen) atoms. The Morgan fingerprint density at radius 2 is 2.19 bits per heavy atom. The van der Waals surface area contributed by atoms with Crippen LogP contribution in [-0.2, 0) is 9.53 Å². The first-order valence-electron chi connectivity index (χ1n) is 9.23. The van der Waals surface area contributed by atoms with Crippen LogP contribution in [0.2, 0.25) is 0 Å². The number of nitro groups is 1. The number of hydrogen-bond donors (Lipinski definition) is 2. The Morgan fingerprint density at radius 3 is 2.94 bits per heavy atom. The number of carbonyl (C=O) groups excluding carboxylic acids is 2. The van der Waals surface area contributed by atoms with E-state index in [9.17, 15) is 19.7 Å². The first-order chi connectivity index (χ1) is 15.4. The van der Waals surface area contributed by atoms with Crippen molar-refractivity contribution in [3.05, 3.63) is 64.9 Å². The number of alkyl carbamates (subject to hydrolysis) is 1. The third-order valence-corrected chi connectivity index (χ3v) is 5.94. The summed E-state index contributed by atoms with van der Waals surface area (Å²) in [6.45, 7) is 4.07. The number of aromatic nitrogens is 1. The number of thiazole rings is 1. The second-order valence-electron chi connectivity index (χ2n) is 6.08. The number of furan rings is 1. The van der Waals surface area contributed by atoms with Crippen LogP contribution in [0.25, 0.3) is 16.3 Å². The van der Waals surface area contributed by atoms with Gasteiger partial charge in [0.15, 0.2) is 4.34 Å². The van der Waals surface area contributed by atoms with E-state index in [1.807, 2.05) is 6.07 Å². The highest BCUT2D eigenvalue weighted by Gasteiger charge is 2.11. The zero-order valence-corrected chi connectivity index (χ0v) is 18.2. The Hall–Kier alpha value is -3.64. The van der Waals surface area contributed by atoms with Gasteiger partial charge in [0.1, 0.15) is 17.3 Å². The fourth-order valence-corrected chi connectivity index (χ4v) is 4.37. The SMILES string of the molecule is C=CCOC(=O)NCCSc1nc2cc(NC(=O)/C=C/c3ccc([N+](=O)[O-])o3)ccc2s1. The Bertz CT molecular complexity index is 1170. The summed E-state index contributed by atoms with van der Waals surface area (Å²) < 4.78 is 11.6. The van der Waals surface area contributed by atoms with Crippen molar-refractivity contribution in [2.75, 3.05) is 24.2 Å². The van der Waals surface area contributed by atoms with Crippen molar-refractivity contribution >= 4 is 63.0 Å². The van der Waals surface area contributed by atoms with Gasteiger partial charge >= 0.3 is 12.0 Å². The minimum absolute atomic E-state index is 0.164. The maximum Gasteiger partial charge on any atom is 0.433 e. The largest absolute Gasteiger partial charge is 0.445 e. The summed E-state index contributed by atoms with van der Waals surface area (Å²) in [5, 5.41) is 16.0. The molecule has 0 radical (unpaired) electrons. The molecule has 3 aromatic rings. The Kier molecular flexibility index (Phi) is 8.00. The van der Waals surface area contributed by atoms with Crippen LogP contribution in [0.3, 0.4) is 0 Å². The first-order valence-corrected chi connectivity index (χ1v) is 11.0. The quantitative estimate of drug-likeness (QED) is 0.110. The summed E-state index contributed by atoms with van der Waals surface area (Å²) in [6.07, 6.45) is 3.58. The van der Waals surface area contributed by atoms with Crippen LogP contribution in [0.15, 0.2) is 57.8 Å². The number of thioether (sulfide) groups is 1. The van der Waals surface area contributed by atoms with Crippen molar-refractivity contribution in [2.45, 2.75) is 4.34 Å². The van der Waals surface area contributed by atoms with E-state index in [0.29, 0.717) is 18.0 Å². The highest BCUT2D eigenvalue weighted by molar-refractivity contribution is 8.01. The second kappa shape index (κ2) is 11.1. The van der Waals surface area contributed by atoms with Gasteiger partial charge in [-0.2, -0.15) is 0 Å². The number of amides is 2. The topological polar surface area (TPSA) is 137 Å². The third kappa shape index (κ3) is 6.68. The molecule has 2 amide bonds. The molecule has 2 N–H and O–H groups in total. The second-order valence-corrected chi connectivity index (χ2v) is 8.45. The average molecular weight is 475 g/mol. The minimum atomic E-state index is -0.651. The van der Waals surface area contributed by atoms with E-state index >= 15 is 0 Å². The summed E-state index contributed by atoms with van der Waals surface area (Å²) in [4.78, 5) is 38.0. The number of nitrogens with zero attached hydrogens (tertiary/aromatic N) is 2. The molecule has 0 aliphatic carbocycles. The first kappa shape index (κ1) is 23.0. The maximum atomic E-state index is 12.1. The Morgan fingerprint density at radius 1 is 1.34 bits per heavy atom. The number of hydrogen-bond acceptors (Lipinski definition) is 9. The standard InChI is InChI=1S/C20H18N4O6S2/c1-2-10-29-19(26)21-9-11-31-20-23-15-12-13(3-6-16(15)32-20)22-17(25)7-4-14-5-8-18(30-14)24(27)28/h2-8,12H,1,9-11H2,(H,21,26)(H,22,25)/b7-4+. The molecular formula is C20H18N4O6S2. The molecule has 0 saturated carbocycles. The molecular weight excluding hydrogens is 456 g/mol. The van der Waals surface area contributed by atoms with Crippen molar-refractivity contribution in [3.8, 4) is 0 Å². The van der Waals surface area contributed by atoms with Gasteiger partial charge < -0.3 is 19.8 Å². The van der Waals surface area contributed by atoms with Gasteiger partial charge in [0, 0.05) is 24.1 Å². The van der Waals surface area contributed by atoms with E-state index in [-0.39, 0.29) is 12.4 Å². The van der Waals surface area contributed by atoms with Gasteiger partial charge in [-0.05, 0) is 30.3 Å². The van der Waals surface area contributed by atoms with Crippen LogP contribution in [0.5, 0.6) is 0 Å². The van der Waals surface area contributed by atoms with Crippen molar-refractivity contribution in [1.29, 1.82) is 0 Å². The molecule has 0 aliphatic heterocycles. The van der Waals surface area contributed by atoms with Gasteiger partial charge in [-0.3, -0.25) is 14.9 Å². The lowest BCUT2D eigenvalue weighted by Crippen LogP contribution is -2.26. The average Bonchev–Trinajstić information content (AvgIpc) is 3.40. The van der Waals surface area contributed by atoms with Crippen molar-refractivity contribution in [3.63, 3.8) is 0 Å². The van der Waals surface area contributed by atoms with Crippen LogP contribution in [0.1, 0.15) is 5.76 Å². The summed E-state index contributed by atoms with van der Waals surface area (Å²) in [5.74, 6) is 0.0215. The molecule has 0 bridgehead atoms. The van der Waals surface area contributed by atoms with Gasteiger partial charge in [-0.1, -0.05) is 24.4 Å². The van der Waals surface area contributed by atoms with Gasteiger partial charge in [-0.15, -0.1) is 11.3 Å². The number of ether oxygens (including phenoxy) is 1. The number of nitrogens with one attached hydrogen (secondary N) is 2. The highest BCUT2D eigenvalue weighted by atomic mass is 32.2. The zero-order chi connectivity index (χ0) is 22.9. The zero-order valence-electron chi connectivity index (χ0n) is 16.6. The number of carbonyl (C=O) groups is 2. The Balaban J connectivity index is 1.52. The van der Waals surface area contributed by atoms with Crippen molar-refractivity contribution in [1.82, 2.24) is 10.3 Å². The number of benzene rings is 1. The van der Waals surface area contributed by atoms with Crippen LogP contribution in [0, 0.1) is 10.1 Å². The van der Waals surface area contributed by atoms with E-state index in [1.165, 1.54) is 53.5 Å². The molecule has 0 spiro atoms. The predicted molar refractivity (Wildman–Crippen MR) is 123 cm³/mol. The van der Waals surface area contributed by atoms with Gasteiger partial charge in [0.05, 0.1) is 16.3 Å².